The molecule has 2 rings (SSSR count). The summed E-state index contributed by atoms with van der Waals surface area (Å²) < 4.78 is 0. The van der Waals surface area contributed by atoms with Crippen molar-refractivity contribution in [2.24, 2.45) is 5.92 Å². The molecule has 1 aliphatic carbocycles. The minimum atomic E-state index is 0.800. The fraction of sp³-hybridized carbons (Fsp3) is 0.385. The molecule has 1 heteroatoms. The molecule has 0 aromatic heterocycles. The maximum Gasteiger partial charge on any atom is 0.0132 e. The van der Waals surface area contributed by atoms with E-state index < -0.39 is 0 Å². The van der Waals surface area contributed by atoms with Crippen LogP contribution in [-0.4, -0.2) is 13.1 Å². The largest absolute Gasteiger partial charge is 0.313 e. The van der Waals surface area contributed by atoms with Gasteiger partial charge in [0.25, 0.3) is 0 Å². The summed E-state index contributed by atoms with van der Waals surface area (Å²) in [4.78, 5) is 0. The first-order valence-corrected chi connectivity index (χ1v) is 5.28. The lowest BCUT2D eigenvalue weighted by atomic mass is 10.1. The van der Waals surface area contributed by atoms with Gasteiger partial charge in [-0.15, -0.1) is 6.58 Å². The van der Waals surface area contributed by atoms with E-state index in [1.807, 2.05) is 6.08 Å². The van der Waals surface area contributed by atoms with E-state index in [0.29, 0.717) is 0 Å². The fourth-order valence-electron chi connectivity index (χ4n) is 1.95. The van der Waals surface area contributed by atoms with Crippen LogP contribution in [0.25, 0.3) is 0 Å². The third-order valence-corrected chi connectivity index (χ3v) is 2.85. The molecule has 0 unspecified atom stereocenters. The summed E-state index contributed by atoms with van der Waals surface area (Å²) in [6.07, 6.45) is 3.26. The van der Waals surface area contributed by atoms with Gasteiger partial charge in [0.2, 0.25) is 0 Å². The van der Waals surface area contributed by atoms with Gasteiger partial charge in [-0.25, -0.2) is 0 Å². The Kier molecular flexibility index (Phi) is 3.00. The third-order valence-electron chi connectivity index (χ3n) is 2.85. The molecule has 1 nitrogen and oxygen atoms in total. The maximum absolute atomic E-state index is 3.69. The summed E-state index contributed by atoms with van der Waals surface area (Å²) in [5.74, 6) is 1.64. The van der Waals surface area contributed by atoms with E-state index in [2.05, 4.69) is 42.2 Å². The molecule has 74 valence electrons. The first-order chi connectivity index (χ1) is 6.92. The van der Waals surface area contributed by atoms with E-state index in [4.69, 9.17) is 0 Å². The zero-order valence-electron chi connectivity index (χ0n) is 8.45. The molecular formula is C13H17N. The van der Waals surface area contributed by atoms with Crippen LogP contribution in [0, 0.1) is 5.92 Å². The molecular weight excluding hydrogens is 170 g/mol. The van der Waals surface area contributed by atoms with E-state index in [-0.39, 0.29) is 0 Å². The quantitative estimate of drug-likeness (QED) is 0.552. The number of nitrogens with one attached hydrogen (secondary N) is 1. The van der Waals surface area contributed by atoms with Gasteiger partial charge in [0, 0.05) is 6.54 Å². The Morgan fingerprint density at radius 3 is 2.86 bits per heavy atom. The molecule has 1 saturated carbocycles. The summed E-state index contributed by atoms with van der Waals surface area (Å²) in [7, 11) is 0. The minimum Gasteiger partial charge on any atom is -0.313 e. The van der Waals surface area contributed by atoms with Crippen molar-refractivity contribution in [1.82, 2.24) is 5.32 Å². The highest BCUT2D eigenvalue weighted by molar-refractivity contribution is 5.25. The zero-order chi connectivity index (χ0) is 9.80. The molecule has 1 fully saturated rings. The maximum atomic E-state index is 3.69. The molecule has 0 saturated heterocycles. The molecule has 1 aromatic rings. The van der Waals surface area contributed by atoms with Crippen LogP contribution in [0.1, 0.15) is 17.9 Å². The van der Waals surface area contributed by atoms with E-state index in [1.54, 1.807) is 0 Å². The van der Waals surface area contributed by atoms with Crippen LogP contribution in [-0.2, 0) is 0 Å². The molecule has 1 N–H and O–H groups in total. The molecule has 2 atom stereocenters. The molecule has 0 radical (unpaired) electrons. The van der Waals surface area contributed by atoms with Gasteiger partial charge in [-0.1, -0.05) is 36.4 Å². The van der Waals surface area contributed by atoms with Crippen molar-refractivity contribution >= 4 is 0 Å². The van der Waals surface area contributed by atoms with Crippen molar-refractivity contribution in [3.05, 3.63) is 48.6 Å². The Hall–Kier alpha value is -1.08. The molecule has 0 heterocycles. The zero-order valence-corrected chi connectivity index (χ0v) is 8.45. The number of hydrogen-bond donors (Lipinski definition) is 1. The van der Waals surface area contributed by atoms with Gasteiger partial charge in [-0.2, -0.15) is 0 Å². The van der Waals surface area contributed by atoms with Crippen LogP contribution in [0.5, 0.6) is 0 Å². The Bertz CT molecular complexity index is 291. The molecule has 0 spiro atoms. The minimum absolute atomic E-state index is 0.800. The van der Waals surface area contributed by atoms with Crippen LogP contribution in [0.2, 0.25) is 0 Å². The lowest BCUT2D eigenvalue weighted by Gasteiger charge is -2.01. The highest BCUT2D eigenvalue weighted by atomic mass is 14.9. The average molecular weight is 187 g/mol. The van der Waals surface area contributed by atoms with Gasteiger partial charge >= 0.3 is 0 Å². The Labute approximate surface area is 85.8 Å². The number of hydrogen-bond acceptors (Lipinski definition) is 1. The Balaban J connectivity index is 1.79. The standard InChI is InChI=1S/C13H17N/c1-2-8-14-10-12-9-13(12)11-6-4-3-5-7-11/h2-7,12-14H,1,8-10H2/t12-,13+/m0/s1. The van der Waals surface area contributed by atoms with Gasteiger partial charge in [-0.3, -0.25) is 0 Å². The predicted octanol–water partition coefficient (Wildman–Crippen LogP) is 2.57. The summed E-state index contributed by atoms with van der Waals surface area (Å²) >= 11 is 0. The van der Waals surface area contributed by atoms with Crippen LogP contribution in [0.3, 0.4) is 0 Å². The Morgan fingerprint density at radius 2 is 2.14 bits per heavy atom. The van der Waals surface area contributed by atoms with E-state index in [0.717, 1.165) is 24.9 Å². The van der Waals surface area contributed by atoms with Gasteiger partial charge in [0.05, 0.1) is 0 Å². The van der Waals surface area contributed by atoms with Gasteiger partial charge in [0.1, 0.15) is 0 Å². The van der Waals surface area contributed by atoms with E-state index in [9.17, 15) is 0 Å². The van der Waals surface area contributed by atoms with Crippen molar-refractivity contribution in [1.29, 1.82) is 0 Å². The molecule has 0 amide bonds. The highest BCUT2D eigenvalue weighted by Gasteiger charge is 2.37. The van der Waals surface area contributed by atoms with E-state index >= 15 is 0 Å². The van der Waals surface area contributed by atoms with Gasteiger partial charge < -0.3 is 5.32 Å². The lowest BCUT2D eigenvalue weighted by Crippen LogP contribution is -2.16. The summed E-state index contributed by atoms with van der Waals surface area (Å²) in [6, 6.07) is 10.8. The predicted molar refractivity (Wildman–Crippen MR) is 60.4 cm³/mol. The van der Waals surface area contributed by atoms with Crippen LogP contribution in [0.4, 0.5) is 0 Å². The first kappa shape index (κ1) is 9.47. The van der Waals surface area contributed by atoms with Crippen molar-refractivity contribution in [3.8, 4) is 0 Å². The summed E-state index contributed by atoms with van der Waals surface area (Å²) in [5.41, 5.74) is 1.50. The third kappa shape index (κ3) is 2.24. The van der Waals surface area contributed by atoms with Crippen LogP contribution >= 0.6 is 0 Å². The fourth-order valence-corrected chi connectivity index (χ4v) is 1.95. The second-order valence-electron chi connectivity index (χ2n) is 3.96. The lowest BCUT2D eigenvalue weighted by molar-refractivity contribution is 0.668. The van der Waals surface area contributed by atoms with Crippen LogP contribution in [0.15, 0.2) is 43.0 Å². The normalized spacial score (nSPS) is 24.6. The molecule has 1 aliphatic rings. The summed E-state index contributed by atoms with van der Waals surface area (Å²) in [5, 5.41) is 3.38. The number of rotatable bonds is 5. The van der Waals surface area contributed by atoms with Crippen molar-refractivity contribution < 1.29 is 0 Å². The number of benzene rings is 1. The highest BCUT2D eigenvalue weighted by Crippen LogP contribution is 2.46. The smallest absolute Gasteiger partial charge is 0.0132 e. The first-order valence-electron chi connectivity index (χ1n) is 5.28. The second kappa shape index (κ2) is 4.43. The average Bonchev–Trinajstić information content (AvgIpc) is 2.99. The van der Waals surface area contributed by atoms with Gasteiger partial charge in [-0.05, 0) is 30.4 Å². The monoisotopic (exact) mass is 187 g/mol. The summed E-state index contributed by atoms with van der Waals surface area (Å²) in [6.45, 7) is 5.75. The topological polar surface area (TPSA) is 12.0 Å². The SMILES string of the molecule is C=CCNC[C@@H]1C[C@@H]1c1ccccc1. The van der Waals surface area contributed by atoms with Crippen molar-refractivity contribution in [2.45, 2.75) is 12.3 Å². The molecule has 0 aliphatic heterocycles. The molecule has 1 aromatic carbocycles. The second-order valence-corrected chi connectivity index (χ2v) is 3.96. The van der Waals surface area contributed by atoms with E-state index in [1.165, 1.54) is 12.0 Å². The Morgan fingerprint density at radius 1 is 1.36 bits per heavy atom. The van der Waals surface area contributed by atoms with Gasteiger partial charge in [0.15, 0.2) is 0 Å². The molecule has 0 bridgehead atoms. The van der Waals surface area contributed by atoms with Crippen molar-refractivity contribution in [3.63, 3.8) is 0 Å². The molecule has 14 heavy (non-hydrogen) atoms. The van der Waals surface area contributed by atoms with Crippen molar-refractivity contribution in [2.75, 3.05) is 13.1 Å². The van der Waals surface area contributed by atoms with Crippen LogP contribution < -0.4 is 5.32 Å².